The maximum atomic E-state index is 11.5. The first-order chi connectivity index (χ1) is 8.57. The van der Waals surface area contributed by atoms with Gasteiger partial charge in [-0.05, 0) is 12.5 Å². The molecular formula is C11H14N4O2S. The zero-order valence-electron chi connectivity index (χ0n) is 10.00. The van der Waals surface area contributed by atoms with Crippen molar-refractivity contribution < 1.29 is 8.42 Å². The Kier molecular flexibility index (Phi) is 2.51. The molecule has 18 heavy (non-hydrogen) atoms. The summed E-state index contributed by atoms with van der Waals surface area (Å²) < 4.78 is 23.0. The Bertz CT molecular complexity index is 679. The lowest BCUT2D eigenvalue weighted by Crippen LogP contribution is -2.33. The molecule has 2 aromatic rings. The number of aromatic nitrogens is 3. The number of fused-ring (bicyclic) bond motifs is 1. The predicted molar refractivity (Wildman–Crippen MR) is 69.4 cm³/mol. The van der Waals surface area contributed by atoms with Crippen LogP contribution >= 0.6 is 0 Å². The van der Waals surface area contributed by atoms with Gasteiger partial charge in [0, 0.05) is 19.3 Å². The minimum Gasteiger partial charge on any atom is -0.355 e. The molecule has 3 heterocycles. The van der Waals surface area contributed by atoms with E-state index in [1.807, 2.05) is 24.2 Å². The number of aromatic amines is 1. The lowest BCUT2D eigenvalue weighted by atomic mass is 10.2. The summed E-state index contributed by atoms with van der Waals surface area (Å²) in [6, 6.07) is 1.91. The molecule has 0 radical (unpaired) electrons. The first-order valence-electron chi connectivity index (χ1n) is 5.78. The van der Waals surface area contributed by atoms with Gasteiger partial charge in [-0.1, -0.05) is 0 Å². The van der Waals surface area contributed by atoms with E-state index >= 15 is 0 Å². The Hall–Kier alpha value is -1.63. The average molecular weight is 266 g/mol. The van der Waals surface area contributed by atoms with Gasteiger partial charge in [0.05, 0.1) is 16.9 Å². The molecule has 0 spiro atoms. The summed E-state index contributed by atoms with van der Waals surface area (Å²) in [5.41, 5.74) is 0.771. The fourth-order valence-corrected chi connectivity index (χ4v) is 4.17. The molecule has 0 aliphatic carbocycles. The molecule has 2 aromatic heterocycles. The standard InChI is InChI=1S/C11H14N4O2S/c1-15(8-3-5-18(16,17)6-8)11-9-2-4-12-10(9)13-7-14-11/h2,4,7-8H,3,5-6H2,1H3,(H,12,13,14). The van der Waals surface area contributed by atoms with Gasteiger partial charge in [-0.3, -0.25) is 0 Å². The van der Waals surface area contributed by atoms with Gasteiger partial charge in [0.2, 0.25) is 0 Å². The molecule has 0 amide bonds. The number of sulfone groups is 1. The maximum Gasteiger partial charge on any atom is 0.152 e. The van der Waals surface area contributed by atoms with Crippen LogP contribution in [0.5, 0.6) is 0 Å². The van der Waals surface area contributed by atoms with Gasteiger partial charge in [0.15, 0.2) is 9.84 Å². The number of hydrogen-bond acceptors (Lipinski definition) is 5. The summed E-state index contributed by atoms with van der Waals surface area (Å²) in [6.45, 7) is 0. The van der Waals surface area contributed by atoms with Crippen LogP contribution in [0.25, 0.3) is 11.0 Å². The highest BCUT2D eigenvalue weighted by Crippen LogP contribution is 2.26. The van der Waals surface area contributed by atoms with Crippen molar-refractivity contribution in [3.8, 4) is 0 Å². The van der Waals surface area contributed by atoms with Crippen LogP contribution in [-0.4, -0.2) is 48.0 Å². The van der Waals surface area contributed by atoms with Gasteiger partial charge in [-0.15, -0.1) is 0 Å². The Morgan fingerprint density at radius 2 is 2.28 bits per heavy atom. The third-order valence-electron chi connectivity index (χ3n) is 3.42. The zero-order chi connectivity index (χ0) is 12.8. The Morgan fingerprint density at radius 1 is 1.44 bits per heavy atom. The van der Waals surface area contributed by atoms with Crippen LogP contribution in [0, 0.1) is 0 Å². The summed E-state index contributed by atoms with van der Waals surface area (Å²) in [5, 5.41) is 0.921. The van der Waals surface area contributed by atoms with Gasteiger partial charge in [0.1, 0.15) is 17.8 Å². The SMILES string of the molecule is CN(c1ncnc2[nH]ccc12)C1CCS(=O)(=O)C1. The lowest BCUT2D eigenvalue weighted by Gasteiger charge is -2.24. The number of hydrogen-bond donors (Lipinski definition) is 1. The molecule has 1 N–H and O–H groups in total. The molecule has 1 aliphatic heterocycles. The van der Waals surface area contributed by atoms with Crippen LogP contribution in [0.1, 0.15) is 6.42 Å². The quantitative estimate of drug-likeness (QED) is 0.860. The summed E-state index contributed by atoms with van der Waals surface area (Å²) in [6.07, 6.45) is 3.96. The molecule has 7 heteroatoms. The molecule has 0 aromatic carbocycles. The van der Waals surface area contributed by atoms with Crippen molar-refractivity contribution in [1.29, 1.82) is 0 Å². The van der Waals surface area contributed by atoms with E-state index in [0.29, 0.717) is 6.42 Å². The van der Waals surface area contributed by atoms with Crippen LogP contribution in [0.15, 0.2) is 18.6 Å². The van der Waals surface area contributed by atoms with Crippen LogP contribution in [0.3, 0.4) is 0 Å². The van der Waals surface area contributed by atoms with E-state index in [2.05, 4.69) is 15.0 Å². The van der Waals surface area contributed by atoms with Crippen molar-refractivity contribution in [1.82, 2.24) is 15.0 Å². The van der Waals surface area contributed by atoms with Crippen LogP contribution < -0.4 is 4.90 Å². The lowest BCUT2D eigenvalue weighted by molar-refractivity contribution is 0.600. The molecule has 96 valence electrons. The minimum atomic E-state index is -2.88. The summed E-state index contributed by atoms with van der Waals surface area (Å²) in [4.78, 5) is 13.4. The monoisotopic (exact) mass is 266 g/mol. The Labute approximate surface area is 105 Å². The highest BCUT2D eigenvalue weighted by molar-refractivity contribution is 7.91. The average Bonchev–Trinajstić information content (AvgIpc) is 2.93. The van der Waals surface area contributed by atoms with Crippen LogP contribution in [0.2, 0.25) is 0 Å². The predicted octanol–water partition coefficient (Wildman–Crippen LogP) is 0.581. The Balaban J connectivity index is 1.97. The maximum absolute atomic E-state index is 11.5. The Morgan fingerprint density at radius 3 is 3.00 bits per heavy atom. The van der Waals surface area contributed by atoms with Crippen molar-refractivity contribution in [2.24, 2.45) is 0 Å². The first kappa shape index (κ1) is 11.5. The fraction of sp³-hybridized carbons (Fsp3) is 0.455. The van der Waals surface area contributed by atoms with Gasteiger partial charge < -0.3 is 9.88 Å². The van der Waals surface area contributed by atoms with E-state index in [-0.39, 0.29) is 17.5 Å². The molecule has 1 fully saturated rings. The fourth-order valence-electron chi connectivity index (χ4n) is 2.39. The second-order valence-electron chi connectivity index (χ2n) is 4.60. The number of nitrogens with one attached hydrogen (secondary N) is 1. The van der Waals surface area contributed by atoms with E-state index in [1.165, 1.54) is 6.33 Å². The van der Waals surface area contributed by atoms with Crippen molar-refractivity contribution in [3.63, 3.8) is 0 Å². The third-order valence-corrected chi connectivity index (χ3v) is 5.17. The van der Waals surface area contributed by atoms with E-state index in [0.717, 1.165) is 16.9 Å². The topological polar surface area (TPSA) is 79.0 Å². The molecule has 1 saturated heterocycles. The largest absolute Gasteiger partial charge is 0.355 e. The number of anilines is 1. The van der Waals surface area contributed by atoms with Crippen molar-refractivity contribution in [2.45, 2.75) is 12.5 Å². The second kappa shape index (κ2) is 3.94. The molecule has 3 rings (SSSR count). The van der Waals surface area contributed by atoms with Gasteiger partial charge in [-0.25, -0.2) is 18.4 Å². The van der Waals surface area contributed by atoms with E-state index in [9.17, 15) is 8.42 Å². The molecule has 0 saturated carbocycles. The van der Waals surface area contributed by atoms with E-state index in [4.69, 9.17) is 0 Å². The van der Waals surface area contributed by atoms with E-state index in [1.54, 1.807) is 0 Å². The summed E-state index contributed by atoms with van der Waals surface area (Å²) >= 11 is 0. The smallest absolute Gasteiger partial charge is 0.152 e. The second-order valence-corrected chi connectivity index (χ2v) is 6.83. The van der Waals surface area contributed by atoms with Crippen molar-refractivity contribution >= 4 is 26.7 Å². The molecule has 1 atom stereocenters. The van der Waals surface area contributed by atoms with Crippen LogP contribution in [-0.2, 0) is 9.84 Å². The molecule has 6 nitrogen and oxygen atoms in total. The normalized spacial score (nSPS) is 22.4. The number of H-pyrrole nitrogens is 1. The number of rotatable bonds is 2. The van der Waals surface area contributed by atoms with Gasteiger partial charge in [0.25, 0.3) is 0 Å². The highest BCUT2D eigenvalue weighted by atomic mass is 32.2. The summed E-state index contributed by atoms with van der Waals surface area (Å²) in [5.74, 6) is 1.26. The number of nitrogens with zero attached hydrogens (tertiary/aromatic N) is 3. The first-order valence-corrected chi connectivity index (χ1v) is 7.60. The molecule has 1 unspecified atom stereocenters. The summed E-state index contributed by atoms with van der Waals surface area (Å²) in [7, 11) is -0.992. The third kappa shape index (κ3) is 1.84. The molecular weight excluding hydrogens is 252 g/mol. The van der Waals surface area contributed by atoms with E-state index < -0.39 is 9.84 Å². The van der Waals surface area contributed by atoms with Crippen LogP contribution in [0.4, 0.5) is 5.82 Å². The van der Waals surface area contributed by atoms with Gasteiger partial charge >= 0.3 is 0 Å². The zero-order valence-corrected chi connectivity index (χ0v) is 10.8. The molecule has 1 aliphatic rings. The minimum absolute atomic E-state index is 0.00278. The molecule has 0 bridgehead atoms. The van der Waals surface area contributed by atoms with Gasteiger partial charge in [-0.2, -0.15) is 0 Å². The van der Waals surface area contributed by atoms with Crippen molar-refractivity contribution in [2.75, 3.05) is 23.5 Å². The highest BCUT2D eigenvalue weighted by Gasteiger charge is 2.31. The van der Waals surface area contributed by atoms with Crippen molar-refractivity contribution in [3.05, 3.63) is 18.6 Å².